The summed E-state index contributed by atoms with van der Waals surface area (Å²) in [7, 11) is 0. The number of carboxylic acids is 1. The van der Waals surface area contributed by atoms with Crippen LogP contribution in [-0.4, -0.2) is 40.6 Å². The van der Waals surface area contributed by atoms with Gasteiger partial charge in [0.1, 0.15) is 0 Å². The minimum Gasteiger partial charge on any atom is -0.481 e. The zero-order valence-corrected chi connectivity index (χ0v) is 9.61. The van der Waals surface area contributed by atoms with E-state index in [0.717, 1.165) is 4.90 Å². The van der Waals surface area contributed by atoms with Gasteiger partial charge in [-0.2, -0.15) is 13.2 Å². The van der Waals surface area contributed by atoms with Crippen molar-refractivity contribution in [1.29, 1.82) is 0 Å². The first-order valence-electron chi connectivity index (χ1n) is 5.93. The maximum absolute atomic E-state index is 12.4. The van der Waals surface area contributed by atoms with Crippen molar-refractivity contribution in [3.05, 3.63) is 0 Å². The van der Waals surface area contributed by atoms with Gasteiger partial charge >= 0.3 is 18.1 Å². The standard InChI is InChI=1S/C11H14F3NO3/c12-11(13,14)10(18)15-5-4-6-7(9(16)17)2-1-3-8(6)15/h6-8H,1-5H2,(H,16,17)/t6-,7+,8+/m0/s1. The van der Waals surface area contributed by atoms with Gasteiger partial charge in [0.05, 0.1) is 5.92 Å². The normalized spacial score (nSPS) is 32.2. The van der Waals surface area contributed by atoms with E-state index in [2.05, 4.69) is 0 Å². The fourth-order valence-corrected chi connectivity index (χ4v) is 3.20. The summed E-state index contributed by atoms with van der Waals surface area (Å²) in [5, 5.41) is 9.04. The maximum atomic E-state index is 12.4. The van der Waals surface area contributed by atoms with Crippen LogP contribution in [-0.2, 0) is 9.59 Å². The number of likely N-dealkylation sites (tertiary alicyclic amines) is 1. The van der Waals surface area contributed by atoms with Crippen LogP contribution in [0.25, 0.3) is 0 Å². The molecule has 1 N–H and O–H groups in total. The van der Waals surface area contributed by atoms with Gasteiger partial charge in [0.15, 0.2) is 0 Å². The first kappa shape index (κ1) is 13.2. The maximum Gasteiger partial charge on any atom is 0.471 e. The van der Waals surface area contributed by atoms with Gasteiger partial charge in [0.25, 0.3) is 0 Å². The van der Waals surface area contributed by atoms with Crippen molar-refractivity contribution >= 4 is 11.9 Å². The van der Waals surface area contributed by atoms with Gasteiger partial charge in [-0.3, -0.25) is 9.59 Å². The SMILES string of the molecule is O=C(O)[C@@H]1CCC[C@@H]2[C@H]1CCN2C(=O)C(F)(F)F. The lowest BCUT2D eigenvalue weighted by Gasteiger charge is -2.35. The van der Waals surface area contributed by atoms with Gasteiger partial charge in [-0.25, -0.2) is 0 Å². The van der Waals surface area contributed by atoms with Crippen molar-refractivity contribution in [3.8, 4) is 0 Å². The molecule has 2 aliphatic rings. The Balaban J connectivity index is 2.15. The van der Waals surface area contributed by atoms with E-state index in [-0.39, 0.29) is 12.5 Å². The second-order valence-corrected chi connectivity index (χ2v) is 4.89. The third-order valence-corrected chi connectivity index (χ3v) is 3.95. The van der Waals surface area contributed by atoms with Crippen LogP contribution in [0, 0.1) is 11.8 Å². The highest BCUT2D eigenvalue weighted by molar-refractivity contribution is 5.82. The van der Waals surface area contributed by atoms with Gasteiger partial charge in [0.2, 0.25) is 0 Å². The number of rotatable bonds is 1. The Morgan fingerprint density at radius 1 is 1.17 bits per heavy atom. The number of nitrogens with zero attached hydrogens (tertiary/aromatic N) is 1. The molecule has 0 bridgehead atoms. The molecule has 102 valence electrons. The first-order chi connectivity index (χ1) is 8.32. The summed E-state index contributed by atoms with van der Waals surface area (Å²) < 4.78 is 37.2. The lowest BCUT2D eigenvalue weighted by atomic mass is 9.76. The number of carbonyl (C=O) groups excluding carboxylic acids is 1. The summed E-state index contributed by atoms with van der Waals surface area (Å²) in [5.41, 5.74) is 0. The van der Waals surface area contributed by atoms with E-state index in [1.165, 1.54) is 0 Å². The molecule has 0 unspecified atom stereocenters. The molecule has 0 aromatic carbocycles. The lowest BCUT2D eigenvalue weighted by molar-refractivity contribution is -0.187. The van der Waals surface area contributed by atoms with E-state index in [0.29, 0.717) is 25.7 Å². The zero-order valence-electron chi connectivity index (χ0n) is 9.61. The molecular weight excluding hydrogens is 251 g/mol. The van der Waals surface area contributed by atoms with Gasteiger partial charge in [-0.15, -0.1) is 0 Å². The Bertz CT molecular complexity index is 369. The summed E-state index contributed by atoms with van der Waals surface area (Å²) in [4.78, 5) is 23.1. The van der Waals surface area contributed by atoms with E-state index in [4.69, 9.17) is 5.11 Å². The zero-order chi connectivity index (χ0) is 13.5. The summed E-state index contributed by atoms with van der Waals surface area (Å²) in [6.07, 6.45) is -3.00. The number of alkyl halides is 3. The van der Waals surface area contributed by atoms with Crippen molar-refractivity contribution in [1.82, 2.24) is 4.90 Å². The number of halogens is 3. The minimum absolute atomic E-state index is 0.0114. The fourth-order valence-electron chi connectivity index (χ4n) is 3.20. The number of amides is 1. The number of aliphatic carboxylic acids is 1. The van der Waals surface area contributed by atoms with Crippen LogP contribution < -0.4 is 0 Å². The molecule has 1 aliphatic carbocycles. The fraction of sp³-hybridized carbons (Fsp3) is 0.818. The molecule has 0 aromatic rings. The van der Waals surface area contributed by atoms with Gasteiger partial charge in [0, 0.05) is 12.6 Å². The number of carbonyl (C=O) groups is 2. The summed E-state index contributed by atoms with van der Waals surface area (Å²) in [5.74, 6) is -3.75. The van der Waals surface area contributed by atoms with Gasteiger partial charge in [-0.1, -0.05) is 6.42 Å². The molecule has 4 nitrogen and oxygen atoms in total. The molecule has 0 radical (unpaired) electrons. The van der Waals surface area contributed by atoms with Crippen LogP contribution in [0.4, 0.5) is 13.2 Å². The van der Waals surface area contributed by atoms with Crippen LogP contribution in [0.2, 0.25) is 0 Å². The third kappa shape index (κ3) is 2.18. The number of carboxylic acid groups (broad SMARTS) is 1. The van der Waals surface area contributed by atoms with E-state index >= 15 is 0 Å². The topological polar surface area (TPSA) is 57.6 Å². The molecule has 0 spiro atoms. The monoisotopic (exact) mass is 265 g/mol. The highest BCUT2D eigenvalue weighted by Crippen LogP contribution is 2.41. The van der Waals surface area contributed by atoms with E-state index < -0.39 is 30.0 Å². The molecule has 1 amide bonds. The minimum atomic E-state index is -4.87. The van der Waals surface area contributed by atoms with Crippen LogP contribution in [0.15, 0.2) is 0 Å². The number of hydrogen-bond donors (Lipinski definition) is 1. The second-order valence-electron chi connectivity index (χ2n) is 4.89. The average Bonchev–Trinajstić information content (AvgIpc) is 2.69. The Morgan fingerprint density at radius 3 is 2.39 bits per heavy atom. The average molecular weight is 265 g/mol. The molecule has 1 heterocycles. The molecular formula is C11H14F3NO3. The first-order valence-corrected chi connectivity index (χ1v) is 5.93. The van der Waals surface area contributed by atoms with Gasteiger partial charge in [-0.05, 0) is 25.2 Å². The largest absolute Gasteiger partial charge is 0.481 e. The lowest BCUT2D eigenvalue weighted by Crippen LogP contribution is -2.47. The number of fused-ring (bicyclic) bond motifs is 1. The highest BCUT2D eigenvalue weighted by Gasteiger charge is 2.51. The molecule has 18 heavy (non-hydrogen) atoms. The Hall–Kier alpha value is -1.27. The van der Waals surface area contributed by atoms with E-state index in [1.54, 1.807) is 0 Å². The second kappa shape index (κ2) is 4.44. The quantitative estimate of drug-likeness (QED) is 0.784. The van der Waals surface area contributed by atoms with Crippen LogP contribution in [0.5, 0.6) is 0 Å². The van der Waals surface area contributed by atoms with Crippen molar-refractivity contribution < 1.29 is 27.9 Å². The summed E-state index contributed by atoms with van der Waals surface area (Å²) in [6, 6.07) is -0.561. The van der Waals surface area contributed by atoms with Crippen LogP contribution in [0.3, 0.4) is 0 Å². The van der Waals surface area contributed by atoms with E-state index in [9.17, 15) is 22.8 Å². The predicted molar refractivity (Wildman–Crippen MR) is 54.6 cm³/mol. The Labute approximate surface area is 102 Å². The van der Waals surface area contributed by atoms with Crippen molar-refractivity contribution in [3.63, 3.8) is 0 Å². The highest BCUT2D eigenvalue weighted by atomic mass is 19.4. The van der Waals surface area contributed by atoms with Crippen LogP contribution >= 0.6 is 0 Å². The van der Waals surface area contributed by atoms with Crippen molar-refractivity contribution in [2.75, 3.05) is 6.54 Å². The smallest absolute Gasteiger partial charge is 0.471 e. The number of hydrogen-bond acceptors (Lipinski definition) is 2. The molecule has 1 aliphatic heterocycles. The van der Waals surface area contributed by atoms with Gasteiger partial charge < -0.3 is 10.0 Å². The predicted octanol–water partition coefficient (Wildman–Crippen LogP) is 1.65. The molecule has 1 saturated carbocycles. The molecule has 1 saturated heterocycles. The Kier molecular flexibility index (Phi) is 3.25. The molecule has 0 aromatic heterocycles. The van der Waals surface area contributed by atoms with Crippen LogP contribution in [0.1, 0.15) is 25.7 Å². The molecule has 7 heteroatoms. The summed E-state index contributed by atoms with van der Waals surface area (Å²) >= 11 is 0. The van der Waals surface area contributed by atoms with Crippen molar-refractivity contribution in [2.45, 2.75) is 37.9 Å². The summed E-state index contributed by atoms with van der Waals surface area (Å²) in [6.45, 7) is 0.0114. The molecule has 3 atom stereocenters. The molecule has 2 rings (SSSR count). The molecule has 2 fully saturated rings. The Morgan fingerprint density at radius 2 is 1.83 bits per heavy atom. The van der Waals surface area contributed by atoms with E-state index in [1.807, 2.05) is 0 Å². The third-order valence-electron chi connectivity index (χ3n) is 3.95. The van der Waals surface area contributed by atoms with Crippen molar-refractivity contribution in [2.24, 2.45) is 11.8 Å².